The zero-order chi connectivity index (χ0) is 15.2. The standard InChI is InChI=1S/C15H13ClN2O3/c16-11-4-2-6-13(8-11)18-14(19)9-21-15(20)10-3-1-5-12(17)7-10/h1-8H,9,17H2,(H,18,19). The Morgan fingerprint density at radius 2 is 1.90 bits per heavy atom. The number of nitrogens with one attached hydrogen (secondary N) is 1. The number of halogens is 1. The molecule has 1 amide bonds. The summed E-state index contributed by atoms with van der Waals surface area (Å²) in [5.41, 5.74) is 6.85. The molecule has 108 valence electrons. The molecule has 0 aliphatic rings. The van der Waals surface area contributed by atoms with E-state index in [-0.39, 0.29) is 6.61 Å². The quantitative estimate of drug-likeness (QED) is 0.672. The largest absolute Gasteiger partial charge is 0.452 e. The first-order valence-corrected chi connectivity index (χ1v) is 6.50. The normalized spacial score (nSPS) is 9.95. The number of nitrogens with two attached hydrogens (primary N) is 1. The van der Waals surface area contributed by atoms with Crippen molar-refractivity contribution in [2.75, 3.05) is 17.7 Å². The van der Waals surface area contributed by atoms with Gasteiger partial charge in [0.15, 0.2) is 6.61 Å². The highest BCUT2D eigenvalue weighted by molar-refractivity contribution is 6.30. The summed E-state index contributed by atoms with van der Waals surface area (Å²) >= 11 is 5.80. The lowest BCUT2D eigenvalue weighted by molar-refractivity contribution is -0.119. The van der Waals surface area contributed by atoms with Crippen molar-refractivity contribution < 1.29 is 14.3 Å². The lowest BCUT2D eigenvalue weighted by Crippen LogP contribution is -2.20. The van der Waals surface area contributed by atoms with Gasteiger partial charge in [-0.2, -0.15) is 0 Å². The molecular formula is C15H13ClN2O3. The molecule has 0 bridgehead atoms. The van der Waals surface area contributed by atoms with Crippen molar-refractivity contribution >= 4 is 34.9 Å². The van der Waals surface area contributed by atoms with E-state index in [0.29, 0.717) is 22.0 Å². The molecule has 0 atom stereocenters. The Morgan fingerprint density at radius 1 is 1.14 bits per heavy atom. The summed E-state index contributed by atoms with van der Waals surface area (Å²) < 4.78 is 4.91. The number of esters is 1. The number of anilines is 2. The van der Waals surface area contributed by atoms with Crippen LogP contribution in [-0.2, 0) is 9.53 Å². The Bertz CT molecular complexity index is 673. The third kappa shape index (κ3) is 4.50. The molecule has 0 saturated heterocycles. The summed E-state index contributed by atoms with van der Waals surface area (Å²) in [6.45, 7) is -0.389. The number of rotatable bonds is 4. The van der Waals surface area contributed by atoms with Crippen molar-refractivity contribution in [3.8, 4) is 0 Å². The van der Waals surface area contributed by atoms with Gasteiger partial charge in [0.1, 0.15) is 0 Å². The number of carbonyl (C=O) groups is 2. The van der Waals surface area contributed by atoms with Gasteiger partial charge in [0.25, 0.3) is 5.91 Å². The number of carbonyl (C=O) groups excluding carboxylic acids is 2. The first-order valence-electron chi connectivity index (χ1n) is 6.12. The first kappa shape index (κ1) is 14.9. The second kappa shape index (κ2) is 6.76. The van der Waals surface area contributed by atoms with Gasteiger partial charge >= 0.3 is 5.97 Å². The van der Waals surface area contributed by atoms with Crippen LogP contribution in [0.4, 0.5) is 11.4 Å². The van der Waals surface area contributed by atoms with E-state index >= 15 is 0 Å². The summed E-state index contributed by atoms with van der Waals surface area (Å²) in [6, 6.07) is 13.0. The molecule has 3 N–H and O–H groups in total. The van der Waals surface area contributed by atoms with Crippen LogP contribution in [0.5, 0.6) is 0 Å². The molecule has 0 aliphatic carbocycles. The molecule has 0 aliphatic heterocycles. The van der Waals surface area contributed by atoms with E-state index in [0.717, 1.165) is 0 Å². The molecule has 0 spiro atoms. The summed E-state index contributed by atoms with van der Waals surface area (Å²) in [5, 5.41) is 3.08. The van der Waals surface area contributed by atoms with Gasteiger partial charge in [-0.15, -0.1) is 0 Å². The van der Waals surface area contributed by atoms with Crippen molar-refractivity contribution in [3.63, 3.8) is 0 Å². The smallest absolute Gasteiger partial charge is 0.338 e. The van der Waals surface area contributed by atoms with Crippen LogP contribution in [0, 0.1) is 0 Å². The molecule has 0 unspecified atom stereocenters. The van der Waals surface area contributed by atoms with Crippen molar-refractivity contribution in [1.29, 1.82) is 0 Å². The summed E-state index contributed by atoms with van der Waals surface area (Å²) in [4.78, 5) is 23.4. The highest BCUT2D eigenvalue weighted by Gasteiger charge is 2.10. The van der Waals surface area contributed by atoms with Gasteiger partial charge in [-0.1, -0.05) is 23.7 Å². The van der Waals surface area contributed by atoms with Crippen LogP contribution in [-0.4, -0.2) is 18.5 Å². The summed E-state index contributed by atoms with van der Waals surface area (Å²) in [6.07, 6.45) is 0. The van der Waals surface area contributed by atoms with Crippen LogP contribution < -0.4 is 11.1 Å². The van der Waals surface area contributed by atoms with E-state index in [4.69, 9.17) is 22.1 Å². The van der Waals surface area contributed by atoms with E-state index in [1.165, 1.54) is 6.07 Å². The van der Waals surface area contributed by atoms with E-state index in [1.807, 2.05) is 0 Å². The Hall–Kier alpha value is -2.53. The van der Waals surface area contributed by atoms with Gasteiger partial charge < -0.3 is 15.8 Å². The van der Waals surface area contributed by atoms with Crippen LogP contribution in [0.2, 0.25) is 5.02 Å². The van der Waals surface area contributed by atoms with Gasteiger partial charge in [0.2, 0.25) is 0 Å². The predicted molar refractivity (Wildman–Crippen MR) is 81.2 cm³/mol. The topological polar surface area (TPSA) is 81.4 Å². The fourth-order valence-corrected chi connectivity index (χ4v) is 1.83. The zero-order valence-corrected chi connectivity index (χ0v) is 11.8. The van der Waals surface area contributed by atoms with Crippen molar-refractivity contribution in [2.45, 2.75) is 0 Å². The molecule has 0 fully saturated rings. The summed E-state index contributed by atoms with van der Waals surface area (Å²) in [7, 11) is 0. The van der Waals surface area contributed by atoms with Gasteiger partial charge in [-0.05, 0) is 36.4 Å². The number of hydrogen-bond donors (Lipinski definition) is 2. The summed E-state index contributed by atoms with van der Waals surface area (Å²) in [5.74, 6) is -1.06. The maximum Gasteiger partial charge on any atom is 0.338 e. The number of hydrogen-bond acceptors (Lipinski definition) is 4. The number of benzene rings is 2. The molecule has 21 heavy (non-hydrogen) atoms. The minimum atomic E-state index is -0.608. The van der Waals surface area contributed by atoms with Crippen LogP contribution in [0.1, 0.15) is 10.4 Å². The van der Waals surface area contributed by atoms with Crippen molar-refractivity contribution in [1.82, 2.24) is 0 Å². The lowest BCUT2D eigenvalue weighted by atomic mass is 10.2. The molecular weight excluding hydrogens is 292 g/mol. The molecule has 0 heterocycles. The number of ether oxygens (including phenoxy) is 1. The van der Waals surface area contributed by atoms with Crippen molar-refractivity contribution in [3.05, 3.63) is 59.1 Å². The number of nitrogen functional groups attached to an aromatic ring is 1. The highest BCUT2D eigenvalue weighted by Crippen LogP contribution is 2.14. The minimum absolute atomic E-state index is 0.297. The fourth-order valence-electron chi connectivity index (χ4n) is 1.64. The second-order valence-electron chi connectivity index (χ2n) is 4.26. The lowest BCUT2D eigenvalue weighted by Gasteiger charge is -2.07. The van der Waals surface area contributed by atoms with E-state index in [1.54, 1.807) is 42.5 Å². The molecule has 2 aromatic rings. The molecule has 2 rings (SSSR count). The number of amides is 1. The molecule has 2 aromatic carbocycles. The Labute approximate surface area is 126 Å². The molecule has 0 aromatic heterocycles. The zero-order valence-electron chi connectivity index (χ0n) is 11.0. The average molecular weight is 305 g/mol. The van der Waals surface area contributed by atoms with Crippen LogP contribution in [0.15, 0.2) is 48.5 Å². The van der Waals surface area contributed by atoms with Crippen molar-refractivity contribution in [2.24, 2.45) is 0 Å². The van der Waals surface area contributed by atoms with Crippen LogP contribution in [0.25, 0.3) is 0 Å². The Morgan fingerprint density at radius 3 is 2.62 bits per heavy atom. The van der Waals surface area contributed by atoms with Gasteiger partial charge in [0, 0.05) is 16.4 Å². The van der Waals surface area contributed by atoms with Crippen LogP contribution >= 0.6 is 11.6 Å². The van der Waals surface area contributed by atoms with Gasteiger partial charge in [0.05, 0.1) is 5.56 Å². The maximum atomic E-state index is 11.7. The Balaban J connectivity index is 1.88. The van der Waals surface area contributed by atoms with Crippen LogP contribution in [0.3, 0.4) is 0 Å². The molecule has 0 radical (unpaired) electrons. The maximum absolute atomic E-state index is 11.7. The SMILES string of the molecule is Nc1cccc(C(=O)OCC(=O)Nc2cccc(Cl)c2)c1. The van der Waals surface area contributed by atoms with E-state index < -0.39 is 11.9 Å². The monoisotopic (exact) mass is 304 g/mol. The highest BCUT2D eigenvalue weighted by atomic mass is 35.5. The van der Waals surface area contributed by atoms with E-state index in [2.05, 4.69) is 5.32 Å². The minimum Gasteiger partial charge on any atom is -0.452 e. The Kier molecular flexibility index (Phi) is 4.79. The average Bonchev–Trinajstić information content (AvgIpc) is 2.45. The molecule has 0 saturated carbocycles. The second-order valence-corrected chi connectivity index (χ2v) is 4.70. The predicted octanol–water partition coefficient (Wildman–Crippen LogP) is 2.72. The first-order chi connectivity index (χ1) is 10.0. The van der Waals surface area contributed by atoms with Gasteiger partial charge in [-0.25, -0.2) is 4.79 Å². The third-order valence-corrected chi connectivity index (χ3v) is 2.80. The third-order valence-electron chi connectivity index (χ3n) is 2.57. The van der Waals surface area contributed by atoms with E-state index in [9.17, 15) is 9.59 Å². The fraction of sp³-hybridized carbons (Fsp3) is 0.0667. The molecule has 5 nitrogen and oxygen atoms in total. The van der Waals surface area contributed by atoms with Gasteiger partial charge in [-0.3, -0.25) is 4.79 Å². The molecule has 6 heteroatoms.